The highest BCUT2D eigenvalue weighted by atomic mass is 16.5. The number of benzene rings is 1. The predicted octanol–water partition coefficient (Wildman–Crippen LogP) is 2.48. The van der Waals surface area contributed by atoms with Crippen molar-refractivity contribution in [2.24, 2.45) is 0 Å². The first-order valence-electron chi connectivity index (χ1n) is 8.08. The molecule has 1 fully saturated rings. The first-order chi connectivity index (χ1) is 11.0. The third kappa shape index (κ3) is 3.91. The van der Waals surface area contributed by atoms with Crippen LogP contribution in [0.5, 0.6) is 0 Å². The van der Waals surface area contributed by atoms with Crippen molar-refractivity contribution in [3.63, 3.8) is 0 Å². The Balaban J connectivity index is 1.90. The van der Waals surface area contributed by atoms with Crippen molar-refractivity contribution in [1.82, 2.24) is 5.32 Å². The number of carbonyl (C=O) groups excluding carboxylic acids is 2. The van der Waals surface area contributed by atoms with Crippen LogP contribution in [0.15, 0.2) is 24.3 Å². The number of rotatable bonds is 6. The maximum atomic E-state index is 12.0. The summed E-state index contributed by atoms with van der Waals surface area (Å²) in [7, 11) is 2.82. The van der Waals surface area contributed by atoms with Crippen LogP contribution in [-0.2, 0) is 20.7 Å². The SMILES string of the molecule is CC[C@]1(C(=O)OC)CC[C@H](CCc2ccc(C(=O)OC)cc2)N1. The van der Waals surface area contributed by atoms with Crippen LogP contribution in [0, 0.1) is 0 Å². The zero-order chi connectivity index (χ0) is 16.9. The van der Waals surface area contributed by atoms with Crippen LogP contribution in [0.1, 0.15) is 48.5 Å². The molecule has 0 amide bonds. The molecule has 0 saturated carbocycles. The molecule has 5 heteroatoms. The van der Waals surface area contributed by atoms with Crippen molar-refractivity contribution in [1.29, 1.82) is 0 Å². The number of hydrogen-bond acceptors (Lipinski definition) is 5. The number of methoxy groups -OCH3 is 2. The molecule has 1 aromatic rings. The molecule has 1 aromatic carbocycles. The van der Waals surface area contributed by atoms with E-state index in [0.29, 0.717) is 11.6 Å². The molecular formula is C18H25NO4. The lowest BCUT2D eigenvalue weighted by Crippen LogP contribution is -2.50. The fourth-order valence-electron chi connectivity index (χ4n) is 3.22. The van der Waals surface area contributed by atoms with Gasteiger partial charge in [0.1, 0.15) is 5.54 Å². The number of carbonyl (C=O) groups is 2. The molecule has 126 valence electrons. The summed E-state index contributed by atoms with van der Waals surface area (Å²) in [5, 5.41) is 3.47. The molecule has 0 radical (unpaired) electrons. The summed E-state index contributed by atoms with van der Waals surface area (Å²) < 4.78 is 9.63. The lowest BCUT2D eigenvalue weighted by Gasteiger charge is -2.26. The second kappa shape index (κ2) is 7.59. The summed E-state index contributed by atoms with van der Waals surface area (Å²) in [6.45, 7) is 2.01. The van der Waals surface area contributed by atoms with Crippen LogP contribution in [-0.4, -0.2) is 37.7 Å². The maximum Gasteiger partial charge on any atom is 0.337 e. The minimum absolute atomic E-state index is 0.162. The molecule has 2 atom stereocenters. The molecular weight excluding hydrogens is 294 g/mol. The van der Waals surface area contributed by atoms with Gasteiger partial charge in [-0.05, 0) is 49.8 Å². The maximum absolute atomic E-state index is 12.0. The molecule has 0 unspecified atom stereocenters. The average Bonchev–Trinajstić information content (AvgIpc) is 3.04. The molecule has 1 N–H and O–H groups in total. The standard InChI is InChI=1S/C18H25NO4/c1-4-18(17(21)23-3)12-11-15(19-18)10-7-13-5-8-14(9-6-13)16(20)22-2/h5-6,8-9,15,19H,4,7,10-12H2,1-3H3/t15-,18+/m0/s1. The normalized spacial score (nSPS) is 23.5. The molecule has 1 aliphatic heterocycles. The van der Waals surface area contributed by atoms with Gasteiger partial charge in [0, 0.05) is 6.04 Å². The summed E-state index contributed by atoms with van der Waals surface area (Å²) in [6, 6.07) is 7.79. The van der Waals surface area contributed by atoms with Gasteiger partial charge in [-0.25, -0.2) is 4.79 Å². The second-order valence-corrected chi connectivity index (χ2v) is 6.03. The lowest BCUT2D eigenvalue weighted by atomic mass is 9.94. The summed E-state index contributed by atoms with van der Waals surface area (Å²) >= 11 is 0. The van der Waals surface area contributed by atoms with Crippen molar-refractivity contribution < 1.29 is 19.1 Å². The Bertz CT molecular complexity index is 555. The van der Waals surface area contributed by atoms with E-state index in [9.17, 15) is 9.59 Å². The van der Waals surface area contributed by atoms with Gasteiger partial charge in [0.2, 0.25) is 0 Å². The lowest BCUT2D eigenvalue weighted by molar-refractivity contribution is -0.148. The Kier molecular flexibility index (Phi) is 5.77. The molecule has 1 saturated heterocycles. The van der Waals surface area contributed by atoms with E-state index in [-0.39, 0.29) is 11.9 Å². The summed E-state index contributed by atoms with van der Waals surface area (Å²) in [6.07, 6.45) is 4.39. The topological polar surface area (TPSA) is 64.6 Å². The fraction of sp³-hybridized carbons (Fsp3) is 0.556. The van der Waals surface area contributed by atoms with Gasteiger partial charge in [-0.1, -0.05) is 19.1 Å². The van der Waals surface area contributed by atoms with Gasteiger partial charge in [0.25, 0.3) is 0 Å². The highest BCUT2D eigenvalue weighted by Gasteiger charge is 2.43. The molecule has 23 heavy (non-hydrogen) atoms. The second-order valence-electron chi connectivity index (χ2n) is 6.03. The third-order valence-corrected chi connectivity index (χ3v) is 4.74. The first-order valence-corrected chi connectivity index (χ1v) is 8.08. The van der Waals surface area contributed by atoms with Gasteiger partial charge in [-0.2, -0.15) is 0 Å². The van der Waals surface area contributed by atoms with Crippen LogP contribution in [0.4, 0.5) is 0 Å². The predicted molar refractivity (Wildman–Crippen MR) is 87.3 cm³/mol. The molecule has 1 aliphatic rings. The molecule has 2 rings (SSSR count). The Labute approximate surface area is 137 Å². The Morgan fingerprint density at radius 3 is 2.48 bits per heavy atom. The van der Waals surface area contributed by atoms with E-state index in [2.05, 4.69) is 5.32 Å². The van der Waals surface area contributed by atoms with E-state index in [1.165, 1.54) is 19.8 Å². The van der Waals surface area contributed by atoms with Gasteiger partial charge < -0.3 is 9.47 Å². The van der Waals surface area contributed by atoms with Gasteiger partial charge in [-0.3, -0.25) is 10.1 Å². The fourth-order valence-corrected chi connectivity index (χ4v) is 3.22. The average molecular weight is 319 g/mol. The quantitative estimate of drug-likeness (QED) is 0.816. The van der Waals surface area contributed by atoms with Gasteiger partial charge in [0.05, 0.1) is 19.8 Å². The van der Waals surface area contributed by atoms with E-state index in [1.807, 2.05) is 19.1 Å². The Morgan fingerprint density at radius 2 is 1.91 bits per heavy atom. The number of esters is 2. The highest BCUT2D eigenvalue weighted by Crippen LogP contribution is 2.29. The van der Waals surface area contributed by atoms with E-state index < -0.39 is 5.54 Å². The summed E-state index contributed by atoms with van der Waals surface area (Å²) in [5.74, 6) is -0.482. The van der Waals surface area contributed by atoms with Crippen LogP contribution < -0.4 is 5.32 Å². The smallest absolute Gasteiger partial charge is 0.337 e. The van der Waals surface area contributed by atoms with Gasteiger partial charge in [-0.15, -0.1) is 0 Å². The van der Waals surface area contributed by atoms with Crippen molar-refractivity contribution in [2.45, 2.75) is 50.6 Å². The van der Waals surface area contributed by atoms with Gasteiger partial charge in [0.15, 0.2) is 0 Å². The van der Waals surface area contributed by atoms with Crippen molar-refractivity contribution in [3.05, 3.63) is 35.4 Å². The Morgan fingerprint density at radius 1 is 1.22 bits per heavy atom. The van der Waals surface area contributed by atoms with Crippen LogP contribution in [0.2, 0.25) is 0 Å². The zero-order valence-electron chi connectivity index (χ0n) is 14.1. The van der Waals surface area contributed by atoms with Gasteiger partial charge >= 0.3 is 11.9 Å². The van der Waals surface area contributed by atoms with Crippen molar-refractivity contribution >= 4 is 11.9 Å². The zero-order valence-corrected chi connectivity index (χ0v) is 14.1. The van der Waals surface area contributed by atoms with Crippen LogP contribution >= 0.6 is 0 Å². The minimum Gasteiger partial charge on any atom is -0.468 e. The highest BCUT2D eigenvalue weighted by molar-refractivity contribution is 5.89. The summed E-state index contributed by atoms with van der Waals surface area (Å²) in [4.78, 5) is 23.4. The van der Waals surface area contributed by atoms with E-state index in [0.717, 1.165) is 32.1 Å². The van der Waals surface area contributed by atoms with Crippen LogP contribution in [0.3, 0.4) is 0 Å². The third-order valence-electron chi connectivity index (χ3n) is 4.74. The van der Waals surface area contributed by atoms with Crippen molar-refractivity contribution in [3.8, 4) is 0 Å². The Hall–Kier alpha value is -1.88. The number of ether oxygens (including phenoxy) is 2. The molecule has 0 bridgehead atoms. The number of nitrogens with one attached hydrogen (secondary N) is 1. The first kappa shape index (κ1) is 17.5. The summed E-state index contributed by atoms with van der Waals surface area (Å²) in [5.41, 5.74) is 1.21. The van der Waals surface area contributed by atoms with E-state index in [1.54, 1.807) is 12.1 Å². The van der Waals surface area contributed by atoms with E-state index >= 15 is 0 Å². The molecule has 1 heterocycles. The monoisotopic (exact) mass is 319 g/mol. The van der Waals surface area contributed by atoms with E-state index in [4.69, 9.17) is 9.47 Å². The molecule has 0 spiro atoms. The molecule has 0 aliphatic carbocycles. The molecule has 5 nitrogen and oxygen atoms in total. The largest absolute Gasteiger partial charge is 0.468 e. The number of hydrogen-bond donors (Lipinski definition) is 1. The van der Waals surface area contributed by atoms with Crippen LogP contribution in [0.25, 0.3) is 0 Å². The van der Waals surface area contributed by atoms with Crippen molar-refractivity contribution in [2.75, 3.05) is 14.2 Å². The molecule has 0 aromatic heterocycles. The number of aryl methyl sites for hydroxylation is 1. The minimum atomic E-state index is -0.520.